The highest BCUT2D eigenvalue weighted by Crippen LogP contribution is 2.36. The van der Waals surface area contributed by atoms with Crippen molar-refractivity contribution < 1.29 is 14.3 Å². The Morgan fingerprint density at radius 1 is 1.16 bits per heavy atom. The first-order chi connectivity index (χ1) is 15.0. The van der Waals surface area contributed by atoms with Gasteiger partial charge in [-0.2, -0.15) is 0 Å². The Morgan fingerprint density at radius 3 is 2.65 bits per heavy atom. The zero-order valence-electron chi connectivity index (χ0n) is 17.7. The summed E-state index contributed by atoms with van der Waals surface area (Å²) in [5, 5.41) is 17.5. The summed E-state index contributed by atoms with van der Waals surface area (Å²) in [5.74, 6) is 0.0854. The van der Waals surface area contributed by atoms with Gasteiger partial charge in [-0.05, 0) is 73.5 Å². The first-order valence-electron chi connectivity index (χ1n) is 10.5. The van der Waals surface area contributed by atoms with Gasteiger partial charge in [0.05, 0.1) is 16.9 Å². The van der Waals surface area contributed by atoms with E-state index in [-0.39, 0.29) is 5.56 Å². The van der Waals surface area contributed by atoms with E-state index >= 15 is 0 Å². The summed E-state index contributed by atoms with van der Waals surface area (Å²) in [6, 6.07) is 11.4. The Morgan fingerprint density at radius 2 is 1.97 bits per heavy atom. The third kappa shape index (κ3) is 4.85. The van der Waals surface area contributed by atoms with E-state index in [1.165, 1.54) is 31.2 Å². The maximum absolute atomic E-state index is 11.4. The van der Waals surface area contributed by atoms with Crippen molar-refractivity contribution in [2.75, 3.05) is 22.7 Å². The first-order valence-corrected chi connectivity index (χ1v) is 11.4. The number of anilines is 2. The molecule has 2 aromatic carbocycles. The number of carboxylic acid groups (broad SMARTS) is 1. The largest absolute Gasteiger partial charge is 0.478 e. The fraction of sp³-hybridized carbons (Fsp3) is 0.348. The second kappa shape index (κ2) is 9.43. The fourth-order valence-electron chi connectivity index (χ4n) is 3.76. The van der Waals surface area contributed by atoms with Crippen molar-refractivity contribution in [2.45, 2.75) is 44.4 Å². The lowest BCUT2D eigenvalue weighted by atomic mass is 10.1. The third-order valence-electron chi connectivity index (χ3n) is 5.43. The summed E-state index contributed by atoms with van der Waals surface area (Å²) in [7, 11) is 0. The van der Waals surface area contributed by atoms with E-state index in [4.69, 9.17) is 4.42 Å². The highest BCUT2D eigenvalue weighted by molar-refractivity contribution is 8.00. The molecule has 2 heterocycles. The van der Waals surface area contributed by atoms with Crippen molar-refractivity contribution in [1.29, 1.82) is 0 Å². The number of aromatic nitrogens is 2. The van der Waals surface area contributed by atoms with Crippen molar-refractivity contribution in [3.05, 3.63) is 53.4 Å². The van der Waals surface area contributed by atoms with Gasteiger partial charge in [0.2, 0.25) is 11.8 Å². The number of nitrogens with one attached hydrogen (secondary N) is 1. The molecule has 0 amide bonds. The molecule has 1 saturated heterocycles. The Balaban J connectivity index is 1.66. The van der Waals surface area contributed by atoms with E-state index < -0.39 is 5.97 Å². The molecule has 1 aromatic heterocycles. The van der Waals surface area contributed by atoms with Gasteiger partial charge >= 0.3 is 5.97 Å². The average molecular weight is 439 g/mol. The van der Waals surface area contributed by atoms with Crippen LogP contribution >= 0.6 is 11.9 Å². The summed E-state index contributed by atoms with van der Waals surface area (Å²) in [4.78, 5) is 14.7. The molecule has 1 fully saturated rings. The van der Waals surface area contributed by atoms with Gasteiger partial charge in [-0.15, -0.1) is 10.2 Å². The molecule has 1 aliphatic heterocycles. The van der Waals surface area contributed by atoms with Gasteiger partial charge in [-0.3, -0.25) is 0 Å². The van der Waals surface area contributed by atoms with Crippen LogP contribution in [0, 0.1) is 6.92 Å². The van der Waals surface area contributed by atoms with Crippen LogP contribution < -0.4 is 9.62 Å². The van der Waals surface area contributed by atoms with Crippen molar-refractivity contribution in [2.24, 2.45) is 0 Å². The molecular weight excluding hydrogens is 412 g/mol. The summed E-state index contributed by atoms with van der Waals surface area (Å²) in [6.45, 7) is 5.88. The second-order valence-corrected chi connectivity index (χ2v) is 8.44. The predicted octanol–water partition coefficient (Wildman–Crippen LogP) is 5.42. The monoisotopic (exact) mass is 438 g/mol. The Bertz CT molecular complexity index is 1080. The summed E-state index contributed by atoms with van der Waals surface area (Å²) in [5.41, 5.74) is 4.31. The molecule has 7 nitrogen and oxygen atoms in total. The van der Waals surface area contributed by atoms with E-state index in [1.807, 2.05) is 18.2 Å². The predicted molar refractivity (Wildman–Crippen MR) is 123 cm³/mol. The Kier molecular flexibility index (Phi) is 6.46. The SMILES string of the molecule is CCc1ccc(C(=O)O)cc1SNc1cc(-c2nnc(C)o2)ccc1N1CCCCC1. The molecule has 0 saturated carbocycles. The number of aromatic carboxylic acids is 1. The van der Waals surface area contributed by atoms with Crippen molar-refractivity contribution in [1.82, 2.24) is 10.2 Å². The molecule has 8 heteroatoms. The van der Waals surface area contributed by atoms with Crippen LogP contribution in [0.15, 0.2) is 45.7 Å². The van der Waals surface area contributed by atoms with Gasteiger partial charge in [0.15, 0.2) is 0 Å². The molecule has 0 bridgehead atoms. The Labute approximate surface area is 186 Å². The van der Waals surface area contributed by atoms with E-state index in [9.17, 15) is 9.90 Å². The van der Waals surface area contributed by atoms with Gasteiger partial charge in [0.25, 0.3) is 0 Å². The lowest BCUT2D eigenvalue weighted by Gasteiger charge is -2.31. The second-order valence-electron chi connectivity index (χ2n) is 7.59. The lowest BCUT2D eigenvalue weighted by Crippen LogP contribution is -2.29. The van der Waals surface area contributed by atoms with Crippen LogP contribution in [0.5, 0.6) is 0 Å². The third-order valence-corrected chi connectivity index (χ3v) is 6.35. The maximum Gasteiger partial charge on any atom is 0.335 e. The minimum atomic E-state index is -0.924. The zero-order valence-corrected chi connectivity index (χ0v) is 18.5. The van der Waals surface area contributed by atoms with Crippen LogP contribution in [0.1, 0.15) is 48.0 Å². The van der Waals surface area contributed by atoms with Crippen LogP contribution in [-0.4, -0.2) is 34.4 Å². The summed E-state index contributed by atoms with van der Waals surface area (Å²) >= 11 is 1.44. The Hall–Kier alpha value is -3.00. The molecule has 0 atom stereocenters. The van der Waals surface area contributed by atoms with Gasteiger partial charge in [0.1, 0.15) is 0 Å². The number of hydrogen-bond acceptors (Lipinski definition) is 7. The molecule has 0 aliphatic carbocycles. The molecule has 31 heavy (non-hydrogen) atoms. The number of aryl methyl sites for hydroxylation is 2. The van der Waals surface area contributed by atoms with Crippen LogP contribution in [0.4, 0.5) is 11.4 Å². The van der Waals surface area contributed by atoms with Crippen LogP contribution in [-0.2, 0) is 6.42 Å². The van der Waals surface area contributed by atoms with Crippen LogP contribution in [0.3, 0.4) is 0 Å². The molecule has 2 N–H and O–H groups in total. The van der Waals surface area contributed by atoms with Gasteiger partial charge in [-0.1, -0.05) is 13.0 Å². The molecule has 162 valence electrons. The highest BCUT2D eigenvalue weighted by atomic mass is 32.2. The molecule has 1 aliphatic rings. The van der Waals surface area contributed by atoms with E-state index in [1.54, 1.807) is 19.1 Å². The van der Waals surface area contributed by atoms with Crippen molar-refractivity contribution in [3.63, 3.8) is 0 Å². The van der Waals surface area contributed by atoms with E-state index in [0.717, 1.165) is 46.9 Å². The number of nitrogens with zero attached hydrogens (tertiary/aromatic N) is 3. The van der Waals surface area contributed by atoms with Gasteiger partial charge in [0, 0.05) is 30.5 Å². The maximum atomic E-state index is 11.4. The lowest BCUT2D eigenvalue weighted by molar-refractivity contribution is 0.0696. The van der Waals surface area contributed by atoms with Crippen LogP contribution in [0.2, 0.25) is 0 Å². The number of hydrogen-bond donors (Lipinski definition) is 2. The zero-order chi connectivity index (χ0) is 21.8. The molecular formula is C23H26N4O3S. The summed E-state index contributed by atoms with van der Waals surface area (Å²) < 4.78 is 9.09. The van der Waals surface area contributed by atoms with Gasteiger partial charge < -0.3 is 19.1 Å². The number of carboxylic acids is 1. The minimum Gasteiger partial charge on any atom is -0.478 e. The number of benzene rings is 2. The molecule has 0 radical (unpaired) electrons. The number of carbonyl (C=O) groups is 1. The number of rotatable bonds is 7. The van der Waals surface area contributed by atoms with Crippen LogP contribution in [0.25, 0.3) is 11.5 Å². The number of piperidine rings is 1. The van der Waals surface area contributed by atoms with Crippen molar-refractivity contribution in [3.8, 4) is 11.5 Å². The minimum absolute atomic E-state index is 0.285. The molecule has 0 spiro atoms. The topological polar surface area (TPSA) is 91.5 Å². The highest BCUT2D eigenvalue weighted by Gasteiger charge is 2.18. The molecule has 3 aromatic rings. The average Bonchev–Trinajstić information content (AvgIpc) is 3.24. The fourth-order valence-corrected chi connectivity index (χ4v) is 4.67. The summed E-state index contributed by atoms with van der Waals surface area (Å²) in [6.07, 6.45) is 4.44. The quantitative estimate of drug-likeness (QED) is 0.473. The van der Waals surface area contributed by atoms with Crippen molar-refractivity contribution >= 4 is 29.3 Å². The smallest absolute Gasteiger partial charge is 0.335 e. The standard InChI is InChI=1S/C23H26N4O3S/c1-3-16-7-8-18(23(28)29)14-21(16)31-26-19-13-17(22-25-24-15(2)30-22)9-10-20(19)27-11-5-4-6-12-27/h7-10,13-14,26H,3-6,11-12H2,1-2H3,(H,28,29). The normalized spacial score (nSPS) is 13.9. The van der Waals surface area contributed by atoms with E-state index in [0.29, 0.717) is 11.8 Å². The molecule has 0 unspecified atom stereocenters. The van der Waals surface area contributed by atoms with Gasteiger partial charge in [-0.25, -0.2) is 4.79 Å². The first kappa shape index (κ1) is 21.2. The molecule has 4 rings (SSSR count). The van der Waals surface area contributed by atoms with E-state index in [2.05, 4.69) is 32.8 Å².